The van der Waals surface area contributed by atoms with E-state index in [0.29, 0.717) is 17.1 Å². The van der Waals surface area contributed by atoms with Crippen molar-refractivity contribution in [3.8, 4) is 11.5 Å². The van der Waals surface area contributed by atoms with E-state index in [9.17, 15) is 9.59 Å². The van der Waals surface area contributed by atoms with Crippen molar-refractivity contribution >= 4 is 28.9 Å². The molecular formula is C30H28N2O4. The van der Waals surface area contributed by atoms with Crippen LogP contribution in [-0.4, -0.2) is 24.7 Å². The highest BCUT2D eigenvalue weighted by molar-refractivity contribution is 6.05. The van der Waals surface area contributed by atoms with Gasteiger partial charge in [0.25, 0.3) is 5.91 Å². The zero-order valence-electron chi connectivity index (χ0n) is 20.5. The average molecular weight is 481 g/mol. The summed E-state index contributed by atoms with van der Waals surface area (Å²) in [7, 11) is 0. The van der Waals surface area contributed by atoms with Crippen LogP contribution in [0.2, 0.25) is 0 Å². The number of hydrogen-bond acceptors (Lipinski definition) is 5. The quantitative estimate of drug-likeness (QED) is 0.145. The number of amides is 1. The smallest absolute Gasteiger partial charge is 0.344 e. The summed E-state index contributed by atoms with van der Waals surface area (Å²) in [6.07, 6.45) is 1.51. The van der Waals surface area contributed by atoms with Crippen molar-refractivity contribution < 1.29 is 19.1 Å². The van der Waals surface area contributed by atoms with Crippen LogP contribution in [0.1, 0.15) is 46.8 Å². The minimum absolute atomic E-state index is 0.135. The molecular weight excluding hydrogens is 452 g/mol. The summed E-state index contributed by atoms with van der Waals surface area (Å²) in [6, 6.07) is 26.1. The molecule has 4 aromatic carbocycles. The lowest BCUT2D eigenvalue weighted by atomic mass is 10.0. The van der Waals surface area contributed by atoms with Crippen molar-refractivity contribution in [2.45, 2.75) is 26.7 Å². The van der Waals surface area contributed by atoms with Gasteiger partial charge in [-0.3, -0.25) is 4.79 Å². The predicted molar refractivity (Wildman–Crippen MR) is 142 cm³/mol. The topological polar surface area (TPSA) is 77.0 Å². The standard InChI is InChI=1S/C30H28N2O4/c1-20(2)25-16-11-21(3)17-28(25)35-19-29(33)32-31-18-22-12-14-24(15-13-22)36-30(34)27-10-6-8-23-7-4-5-9-26(23)27/h4-18,20H,19H2,1-3H3,(H,32,33)/b31-18+. The number of hydrogen-bond donors (Lipinski definition) is 1. The highest BCUT2D eigenvalue weighted by Gasteiger charge is 2.12. The van der Waals surface area contributed by atoms with E-state index in [4.69, 9.17) is 9.47 Å². The highest BCUT2D eigenvalue weighted by Crippen LogP contribution is 2.27. The molecule has 0 heterocycles. The predicted octanol–water partition coefficient (Wildman–Crippen LogP) is 6.02. The Kier molecular flexibility index (Phi) is 7.75. The molecule has 0 radical (unpaired) electrons. The van der Waals surface area contributed by atoms with E-state index in [1.807, 2.05) is 61.5 Å². The van der Waals surface area contributed by atoms with Crippen molar-refractivity contribution in [3.05, 3.63) is 107 Å². The van der Waals surface area contributed by atoms with Crippen molar-refractivity contribution in [3.63, 3.8) is 0 Å². The Balaban J connectivity index is 1.31. The second kappa shape index (κ2) is 11.3. The van der Waals surface area contributed by atoms with Gasteiger partial charge in [0.1, 0.15) is 11.5 Å². The molecule has 0 spiro atoms. The second-order valence-corrected chi connectivity index (χ2v) is 8.76. The van der Waals surface area contributed by atoms with Crippen LogP contribution in [-0.2, 0) is 4.79 Å². The van der Waals surface area contributed by atoms with E-state index in [-0.39, 0.29) is 18.4 Å². The molecule has 182 valence electrons. The highest BCUT2D eigenvalue weighted by atomic mass is 16.5. The number of carbonyl (C=O) groups is 2. The minimum atomic E-state index is -0.422. The molecule has 0 atom stereocenters. The van der Waals surface area contributed by atoms with Gasteiger partial charge in [0, 0.05) is 0 Å². The first-order chi connectivity index (χ1) is 17.4. The third-order valence-electron chi connectivity index (χ3n) is 5.65. The molecule has 0 saturated heterocycles. The molecule has 0 aromatic heterocycles. The van der Waals surface area contributed by atoms with E-state index in [1.165, 1.54) is 6.21 Å². The van der Waals surface area contributed by atoms with Gasteiger partial charge in [0.05, 0.1) is 11.8 Å². The summed E-state index contributed by atoms with van der Waals surface area (Å²) in [6.45, 7) is 6.01. The summed E-state index contributed by atoms with van der Waals surface area (Å²) in [5.41, 5.74) is 5.84. The number of nitrogens with one attached hydrogen (secondary N) is 1. The average Bonchev–Trinajstić information content (AvgIpc) is 2.88. The van der Waals surface area contributed by atoms with Crippen molar-refractivity contribution in [1.29, 1.82) is 0 Å². The Morgan fingerprint density at radius 1 is 0.944 bits per heavy atom. The van der Waals surface area contributed by atoms with Gasteiger partial charge in [-0.15, -0.1) is 0 Å². The van der Waals surface area contributed by atoms with Crippen molar-refractivity contribution in [2.75, 3.05) is 6.61 Å². The zero-order chi connectivity index (χ0) is 25.5. The third-order valence-corrected chi connectivity index (χ3v) is 5.65. The van der Waals surface area contributed by atoms with Crippen LogP contribution in [0, 0.1) is 6.92 Å². The van der Waals surface area contributed by atoms with Gasteiger partial charge < -0.3 is 9.47 Å². The molecule has 0 aliphatic heterocycles. The normalized spacial score (nSPS) is 11.1. The van der Waals surface area contributed by atoms with Gasteiger partial charge in [-0.05, 0) is 76.7 Å². The number of carbonyl (C=O) groups excluding carboxylic acids is 2. The molecule has 0 aliphatic rings. The SMILES string of the molecule is Cc1ccc(C(C)C)c(OCC(=O)N/N=C/c2ccc(OC(=O)c3cccc4ccccc34)cc2)c1. The van der Waals surface area contributed by atoms with Gasteiger partial charge in [-0.25, -0.2) is 10.2 Å². The molecule has 1 N–H and O–H groups in total. The zero-order valence-corrected chi connectivity index (χ0v) is 20.5. The molecule has 4 rings (SSSR count). The molecule has 0 fully saturated rings. The van der Waals surface area contributed by atoms with E-state index in [2.05, 4.69) is 24.4 Å². The first-order valence-corrected chi connectivity index (χ1v) is 11.8. The fourth-order valence-corrected chi connectivity index (χ4v) is 3.79. The lowest BCUT2D eigenvalue weighted by molar-refractivity contribution is -0.123. The molecule has 0 unspecified atom stereocenters. The fraction of sp³-hybridized carbons (Fsp3) is 0.167. The Labute approximate surface area is 210 Å². The van der Waals surface area contributed by atoms with E-state index < -0.39 is 5.97 Å². The maximum absolute atomic E-state index is 12.7. The number of fused-ring (bicyclic) bond motifs is 1. The molecule has 6 nitrogen and oxygen atoms in total. The third kappa shape index (κ3) is 6.16. The van der Waals surface area contributed by atoms with Crippen LogP contribution >= 0.6 is 0 Å². The van der Waals surface area contributed by atoms with Crippen LogP contribution in [0.5, 0.6) is 11.5 Å². The van der Waals surface area contributed by atoms with E-state index in [1.54, 1.807) is 30.3 Å². The number of hydrazone groups is 1. The van der Waals surface area contributed by atoms with Gasteiger partial charge >= 0.3 is 5.97 Å². The van der Waals surface area contributed by atoms with Crippen LogP contribution in [0.4, 0.5) is 0 Å². The van der Waals surface area contributed by atoms with Crippen LogP contribution in [0.15, 0.2) is 90.0 Å². The molecule has 4 aromatic rings. The maximum atomic E-state index is 12.7. The van der Waals surface area contributed by atoms with Crippen LogP contribution < -0.4 is 14.9 Å². The van der Waals surface area contributed by atoms with E-state index in [0.717, 1.165) is 27.5 Å². The Morgan fingerprint density at radius 3 is 2.47 bits per heavy atom. The second-order valence-electron chi connectivity index (χ2n) is 8.76. The number of aryl methyl sites for hydroxylation is 1. The summed E-state index contributed by atoms with van der Waals surface area (Å²) < 4.78 is 11.3. The minimum Gasteiger partial charge on any atom is -0.483 e. The molecule has 6 heteroatoms. The number of benzene rings is 4. The first kappa shape index (κ1) is 24.7. The van der Waals surface area contributed by atoms with Gasteiger partial charge in [0.15, 0.2) is 6.61 Å². The monoisotopic (exact) mass is 480 g/mol. The van der Waals surface area contributed by atoms with Crippen molar-refractivity contribution in [2.24, 2.45) is 5.10 Å². The lowest BCUT2D eigenvalue weighted by Gasteiger charge is -2.14. The van der Waals surface area contributed by atoms with Gasteiger partial charge in [-0.1, -0.05) is 62.4 Å². The summed E-state index contributed by atoms with van der Waals surface area (Å²) in [5, 5.41) is 5.81. The molecule has 1 amide bonds. The van der Waals surface area contributed by atoms with Gasteiger partial charge in [-0.2, -0.15) is 5.10 Å². The number of ether oxygens (including phenoxy) is 2. The Hall–Kier alpha value is -4.45. The number of rotatable bonds is 8. The maximum Gasteiger partial charge on any atom is 0.344 e. The number of nitrogens with zero attached hydrogens (tertiary/aromatic N) is 1. The summed E-state index contributed by atoms with van der Waals surface area (Å²) in [5.74, 6) is 0.633. The van der Waals surface area contributed by atoms with Gasteiger partial charge in [0.2, 0.25) is 0 Å². The molecule has 0 aliphatic carbocycles. The van der Waals surface area contributed by atoms with E-state index >= 15 is 0 Å². The first-order valence-electron chi connectivity index (χ1n) is 11.8. The molecule has 0 bridgehead atoms. The van der Waals surface area contributed by atoms with Crippen molar-refractivity contribution in [1.82, 2.24) is 5.43 Å². The summed E-state index contributed by atoms with van der Waals surface area (Å²) in [4.78, 5) is 24.9. The summed E-state index contributed by atoms with van der Waals surface area (Å²) >= 11 is 0. The Morgan fingerprint density at radius 2 is 1.69 bits per heavy atom. The lowest BCUT2D eigenvalue weighted by Crippen LogP contribution is -2.25. The largest absolute Gasteiger partial charge is 0.483 e. The fourth-order valence-electron chi connectivity index (χ4n) is 3.79. The Bertz CT molecular complexity index is 1400. The molecule has 0 saturated carbocycles. The van der Waals surface area contributed by atoms with Crippen LogP contribution in [0.25, 0.3) is 10.8 Å². The molecule has 36 heavy (non-hydrogen) atoms. The van der Waals surface area contributed by atoms with Crippen LogP contribution in [0.3, 0.4) is 0 Å². The number of esters is 1.